The molecule has 0 aliphatic carbocycles. The number of nitrogens with one attached hydrogen (secondary N) is 1. The van der Waals surface area contributed by atoms with Gasteiger partial charge in [0.05, 0.1) is 13.2 Å². The van der Waals surface area contributed by atoms with Crippen molar-refractivity contribution < 1.29 is 9.47 Å². The molecule has 0 bridgehead atoms. The van der Waals surface area contributed by atoms with Gasteiger partial charge in [0.15, 0.2) is 0 Å². The molecule has 0 aliphatic heterocycles. The highest BCUT2D eigenvalue weighted by atomic mass is 79.9. The topological polar surface area (TPSA) is 30.5 Å². The van der Waals surface area contributed by atoms with Crippen LogP contribution in [0.5, 0.6) is 5.75 Å². The van der Waals surface area contributed by atoms with Gasteiger partial charge >= 0.3 is 0 Å². The van der Waals surface area contributed by atoms with Crippen molar-refractivity contribution in [2.24, 2.45) is 0 Å². The molecular formula is C14H16BrNO2S. The van der Waals surface area contributed by atoms with Gasteiger partial charge in [-0.2, -0.15) is 0 Å². The van der Waals surface area contributed by atoms with E-state index in [1.54, 1.807) is 18.4 Å². The van der Waals surface area contributed by atoms with Crippen LogP contribution < -0.4 is 10.1 Å². The highest BCUT2D eigenvalue weighted by Gasteiger charge is 2.01. The van der Waals surface area contributed by atoms with E-state index in [1.165, 1.54) is 4.88 Å². The quantitative estimate of drug-likeness (QED) is 0.767. The maximum Gasteiger partial charge on any atom is 0.119 e. The van der Waals surface area contributed by atoms with Gasteiger partial charge < -0.3 is 14.8 Å². The van der Waals surface area contributed by atoms with Gasteiger partial charge in [0.1, 0.15) is 12.4 Å². The van der Waals surface area contributed by atoms with Crippen molar-refractivity contribution in [1.82, 2.24) is 0 Å². The second-order valence-corrected chi connectivity index (χ2v) is 5.77. The number of ether oxygens (including phenoxy) is 2. The number of anilines is 1. The van der Waals surface area contributed by atoms with Gasteiger partial charge in [0.2, 0.25) is 0 Å². The van der Waals surface area contributed by atoms with Crippen LogP contribution in [0.4, 0.5) is 5.69 Å². The van der Waals surface area contributed by atoms with E-state index in [0.717, 1.165) is 22.5 Å². The maximum atomic E-state index is 5.51. The fourth-order valence-corrected chi connectivity index (χ4v) is 2.98. The Labute approximate surface area is 125 Å². The number of thiophene rings is 1. The number of hydrogen-bond acceptors (Lipinski definition) is 4. The first-order chi connectivity index (χ1) is 9.29. The molecule has 0 fully saturated rings. The average Bonchev–Trinajstić information content (AvgIpc) is 2.84. The summed E-state index contributed by atoms with van der Waals surface area (Å²) in [7, 11) is 1.67. The van der Waals surface area contributed by atoms with E-state index in [9.17, 15) is 0 Å². The van der Waals surface area contributed by atoms with Crippen LogP contribution in [-0.4, -0.2) is 20.3 Å². The molecule has 0 saturated carbocycles. The standard InChI is InChI=1S/C14H16BrNO2S/c1-17-7-8-18-12-4-2-11(3-5-12)16-10-14-13(15)6-9-19-14/h2-6,9,16H,7-8,10H2,1H3. The minimum Gasteiger partial charge on any atom is -0.491 e. The van der Waals surface area contributed by atoms with Crippen molar-refractivity contribution in [2.45, 2.75) is 6.54 Å². The minimum atomic E-state index is 0.575. The molecule has 0 atom stereocenters. The molecule has 19 heavy (non-hydrogen) atoms. The van der Waals surface area contributed by atoms with Gasteiger partial charge in [-0.1, -0.05) is 0 Å². The lowest BCUT2D eigenvalue weighted by molar-refractivity contribution is 0.146. The van der Waals surface area contributed by atoms with Crippen LogP contribution in [0.15, 0.2) is 40.2 Å². The van der Waals surface area contributed by atoms with Crippen LogP contribution in [0.25, 0.3) is 0 Å². The van der Waals surface area contributed by atoms with Crippen molar-refractivity contribution in [3.05, 3.63) is 45.1 Å². The average molecular weight is 342 g/mol. The third kappa shape index (κ3) is 4.53. The minimum absolute atomic E-state index is 0.575. The Bertz CT molecular complexity index is 498. The molecule has 1 aromatic heterocycles. The van der Waals surface area contributed by atoms with Crippen molar-refractivity contribution in [2.75, 3.05) is 25.6 Å². The van der Waals surface area contributed by atoms with Crippen LogP contribution >= 0.6 is 27.3 Å². The predicted molar refractivity (Wildman–Crippen MR) is 83.2 cm³/mol. The first kappa shape index (κ1) is 14.4. The molecule has 0 saturated heterocycles. The zero-order valence-corrected chi connectivity index (χ0v) is 13.1. The largest absolute Gasteiger partial charge is 0.491 e. The Morgan fingerprint density at radius 3 is 2.58 bits per heavy atom. The zero-order valence-electron chi connectivity index (χ0n) is 10.7. The summed E-state index contributed by atoms with van der Waals surface area (Å²) < 4.78 is 11.6. The molecule has 2 aromatic rings. The Kier molecular flexibility index (Phi) is 5.69. The molecule has 3 nitrogen and oxygen atoms in total. The molecule has 0 aliphatic rings. The van der Waals surface area contributed by atoms with E-state index in [2.05, 4.69) is 32.7 Å². The molecule has 0 spiro atoms. The molecule has 5 heteroatoms. The lowest BCUT2D eigenvalue weighted by atomic mass is 10.3. The summed E-state index contributed by atoms with van der Waals surface area (Å²) in [6.07, 6.45) is 0. The summed E-state index contributed by atoms with van der Waals surface area (Å²) in [5.41, 5.74) is 1.08. The van der Waals surface area contributed by atoms with Gasteiger partial charge in [0, 0.05) is 22.1 Å². The smallest absolute Gasteiger partial charge is 0.119 e. The van der Waals surface area contributed by atoms with E-state index in [1.807, 2.05) is 24.3 Å². The summed E-state index contributed by atoms with van der Waals surface area (Å²) in [5, 5.41) is 5.46. The number of hydrogen-bond donors (Lipinski definition) is 1. The SMILES string of the molecule is COCCOc1ccc(NCc2sccc2Br)cc1. The van der Waals surface area contributed by atoms with E-state index in [4.69, 9.17) is 9.47 Å². The number of halogens is 1. The Morgan fingerprint density at radius 2 is 1.95 bits per heavy atom. The third-order valence-corrected chi connectivity index (χ3v) is 4.48. The van der Waals surface area contributed by atoms with Gasteiger partial charge in [-0.15, -0.1) is 11.3 Å². The third-order valence-electron chi connectivity index (χ3n) is 2.55. The number of methoxy groups -OCH3 is 1. The van der Waals surface area contributed by atoms with Gasteiger partial charge in [-0.05, 0) is 51.6 Å². The van der Waals surface area contributed by atoms with E-state index in [-0.39, 0.29) is 0 Å². The number of rotatable bonds is 7. The fraction of sp³-hybridized carbons (Fsp3) is 0.286. The second-order valence-electron chi connectivity index (χ2n) is 3.91. The van der Waals surface area contributed by atoms with Crippen LogP contribution in [0.3, 0.4) is 0 Å². The van der Waals surface area contributed by atoms with Gasteiger partial charge in [-0.3, -0.25) is 0 Å². The van der Waals surface area contributed by atoms with Crippen LogP contribution in [0.2, 0.25) is 0 Å². The fourth-order valence-electron chi connectivity index (χ4n) is 1.55. The van der Waals surface area contributed by atoms with Crippen LogP contribution in [0, 0.1) is 0 Å². The van der Waals surface area contributed by atoms with Crippen LogP contribution in [0.1, 0.15) is 4.88 Å². The molecule has 1 aromatic carbocycles. The highest BCUT2D eigenvalue weighted by Crippen LogP contribution is 2.24. The molecule has 0 amide bonds. The van der Waals surface area contributed by atoms with E-state index in [0.29, 0.717) is 13.2 Å². The Balaban J connectivity index is 1.83. The predicted octanol–water partition coefficient (Wildman–Crippen LogP) is 4.15. The van der Waals surface area contributed by atoms with Crippen molar-refractivity contribution in [1.29, 1.82) is 0 Å². The Hall–Kier alpha value is -1.04. The molecular weight excluding hydrogens is 326 g/mol. The normalized spacial score (nSPS) is 10.4. The summed E-state index contributed by atoms with van der Waals surface area (Å²) in [6, 6.07) is 10.0. The molecule has 1 heterocycles. The zero-order chi connectivity index (χ0) is 13.5. The monoisotopic (exact) mass is 341 g/mol. The summed E-state index contributed by atoms with van der Waals surface area (Å²) >= 11 is 5.26. The Morgan fingerprint density at radius 1 is 1.16 bits per heavy atom. The van der Waals surface area contributed by atoms with Crippen LogP contribution in [-0.2, 0) is 11.3 Å². The second kappa shape index (κ2) is 7.53. The van der Waals surface area contributed by atoms with Gasteiger partial charge in [0.25, 0.3) is 0 Å². The lowest BCUT2D eigenvalue weighted by Gasteiger charge is -2.08. The lowest BCUT2D eigenvalue weighted by Crippen LogP contribution is -2.04. The van der Waals surface area contributed by atoms with Crippen molar-refractivity contribution in [3.8, 4) is 5.75 Å². The summed E-state index contributed by atoms with van der Waals surface area (Å²) in [6.45, 7) is 2.00. The van der Waals surface area contributed by atoms with Gasteiger partial charge in [-0.25, -0.2) is 0 Å². The first-order valence-corrected chi connectivity index (χ1v) is 7.64. The molecule has 102 valence electrons. The maximum absolute atomic E-state index is 5.51. The van der Waals surface area contributed by atoms with Crippen molar-refractivity contribution in [3.63, 3.8) is 0 Å². The highest BCUT2D eigenvalue weighted by molar-refractivity contribution is 9.10. The molecule has 2 rings (SSSR count). The van der Waals surface area contributed by atoms with Crippen molar-refractivity contribution >= 4 is 33.0 Å². The van der Waals surface area contributed by atoms with E-state index < -0.39 is 0 Å². The molecule has 1 N–H and O–H groups in total. The van der Waals surface area contributed by atoms with E-state index >= 15 is 0 Å². The summed E-state index contributed by atoms with van der Waals surface area (Å²) in [5.74, 6) is 0.861. The summed E-state index contributed by atoms with van der Waals surface area (Å²) in [4.78, 5) is 1.29. The number of benzene rings is 1. The molecule has 0 unspecified atom stereocenters. The first-order valence-electron chi connectivity index (χ1n) is 5.97. The molecule has 0 radical (unpaired) electrons.